The van der Waals surface area contributed by atoms with Crippen molar-refractivity contribution in [3.8, 4) is 0 Å². The van der Waals surface area contributed by atoms with E-state index in [0.717, 1.165) is 0 Å². The summed E-state index contributed by atoms with van der Waals surface area (Å²) in [5, 5.41) is 8.41. The van der Waals surface area contributed by atoms with Crippen LogP contribution in [0, 0.1) is 0 Å². The number of aliphatic hydroxyl groups is 1. The number of rotatable bonds is 3. The standard InChI is InChI=1S/C4H9ClOSi/c1-2-4(3-6)7-5/h2,4,6H,1,3,7H2. The minimum Gasteiger partial charge on any atom is -0.396 e. The predicted octanol–water partition coefficient (Wildman–Crippen LogP) is 0.276. The van der Waals surface area contributed by atoms with Gasteiger partial charge in [0.05, 0.1) is 0 Å². The van der Waals surface area contributed by atoms with Crippen molar-refractivity contribution in [2.45, 2.75) is 5.54 Å². The molecule has 0 saturated carbocycles. The lowest BCUT2D eigenvalue weighted by Crippen LogP contribution is -1.98. The van der Waals surface area contributed by atoms with Crippen molar-refractivity contribution in [1.82, 2.24) is 0 Å². The summed E-state index contributed by atoms with van der Waals surface area (Å²) in [6, 6.07) is 0. The maximum absolute atomic E-state index is 8.41. The second kappa shape index (κ2) is 4.37. The molecule has 1 atom stereocenters. The predicted molar refractivity (Wildman–Crippen MR) is 35.4 cm³/mol. The van der Waals surface area contributed by atoms with Crippen molar-refractivity contribution < 1.29 is 5.11 Å². The zero-order valence-corrected chi connectivity index (χ0v) is 6.27. The molecule has 0 aromatic rings. The summed E-state index contributed by atoms with van der Waals surface area (Å²) < 4.78 is 0. The molecule has 0 rings (SSSR count). The summed E-state index contributed by atoms with van der Waals surface area (Å²) >= 11 is 5.48. The number of aliphatic hydroxyl groups excluding tert-OH is 1. The van der Waals surface area contributed by atoms with Gasteiger partial charge >= 0.3 is 0 Å². The van der Waals surface area contributed by atoms with E-state index in [0.29, 0.717) is 0 Å². The monoisotopic (exact) mass is 136 g/mol. The zero-order chi connectivity index (χ0) is 5.70. The molecule has 1 unspecified atom stereocenters. The van der Waals surface area contributed by atoms with Crippen LogP contribution in [0.1, 0.15) is 0 Å². The molecule has 0 aromatic heterocycles. The van der Waals surface area contributed by atoms with Crippen LogP contribution in [0.15, 0.2) is 12.7 Å². The Morgan fingerprint density at radius 3 is 2.57 bits per heavy atom. The van der Waals surface area contributed by atoms with E-state index in [1.165, 1.54) is 0 Å². The normalized spacial score (nSPS) is 15.1. The van der Waals surface area contributed by atoms with Gasteiger partial charge in [-0.25, -0.2) is 0 Å². The van der Waals surface area contributed by atoms with Gasteiger partial charge in [0, 0.05) is 12.1 Å². The lowest BCUT2D eigenvalue weighted by molar-refractivity contribution is 0.303. The van der Waals surface area contributed by atoms with E-state index in [-0.39, 0.29) is 12.1 Å². The van der Waals surface area contributed by atoms with Crippen molar-refractivity contribution in [1.29, 1.82) is 0 Å². The third-order valence-corrected chi connectivity index (χ3v) is 2.94. The zero-order valence-electron chi connectivity index (χ0n) is 4.10. The van der Waals surface area contributed by atoms with Gasteiger partial charge in [-0.05, 0) is 0 Å². The Morgan fingerprint density at radius 2 is 2.57 bits per heavy atom. The molecule has 0 saturated heterocycles. The van der Waals surface area contributed by atoms with Crippen molar-refractivity contribution in [2.75, 3.05) is 6.61 Å². The van der Waals surface area contributed by atoms with E-state index in [9.17, 15) is 0 Å². The van der Waals surface area contributed by atoms with Gasteiger partial charge < -0.3 is 5.11 Å². The third-order valence-electron chi connectivity index (χ3n) is 0.766. The first-order chi connectivity index (χ1) is 3.35. The highest BCUT2D eigenvalue weighted by molar-refractivity contribution is 6.94. The molecular formula is C4H9ClOSi. The largest absolute Gasteiger partial charge is 0.396 e. The van der Waals surface area contributed by atoms with Gasteiger partial charge in [-0.15, -0.1) is 6.58 Å². The smallest absolute Gasteiger partial charge is 0.134 e. The van der Waals surface area contributed by atoms with Crippen LogP contribution in [-0.2, 0) is 0 Å². The van der Waals surface area contributed by atoms with E-state index in [4.69, 9.17) is 16.2 Å². The highest BCUT2D eigenvalue weighted by Gasteiger charge is 1.96. The van der Waals surface area contributed by atoms with E-state index in [2.05, 4.69) is 6.58 Å². The Bertz CT molecular complexity index is 53.7. The minimum absolute atomic E-state index is 0.166. The number of halogens is 1. The molecule has 0 aliphatic carbocycles. The molecule has 0 aromatic carbocycles. The Balaban J connectivity index is 3.16. The maximum Gasteiger partial charge on any atom is 0.134 e. The van der Waals surface area contributed by atoms with Gasteiger partial charge in [0.15, 0.2) is 0 Å². The number of hydrogen-bond acceptors (Lipinski definition) is 1. The van der Waals surface area contributed by atoms with E-state index in [1.807, 2.05) is 0 Å². The molecule has 7 heavy (non-hydrogen) atoms. The summed E-state index contributed by atoms with van der Waals surface area (Å²) in [6.07, 6.45) is 1.71. The van der Waals surface area contributed by atoms with Gasteiger partial charge in [0.25, 0.3) is 0 Å². The summed E-state index contributed by atoms with van der Waals surface area (Å²) in [5.74, 6) is 0. The minimum atomic E-state index is -0.568. The molecule has 0 bridgehead atoms. The van der Waals surface area contributed by atoms with Gasteiger partial charge in [-0.1, -0.05) is 6.08 Å². The molecule has 0 aliphatic rings. The number of hydrogen-bond donors (Lipinski definition) is 1. The topological polar surface area (TPSA) is 20.2 Å². The average molecular weight is 137 g/mol. The Hall–Kier alpha value is 0.207. The second-order valence-corrected chi connectivity index (χ2v) is 3.62. The fourth-order valence-corrected chi connectivity index (χ4v) is 1.08. The second-order valence-electron chi connectivity index (χ2n) is 1.33. The lowest BCUT2D eigenvalue weighted by atomic mass is 10.4. The van der Waals surface area contributed by atoms with Crippen LogP contribution in [-0.4, -0.2) is 20.5 Å². The molecule has 1 nitrogen and oxygen atoms in total. The van der Waals surface area contributed by atoms with Gasteiger partial charge in [0.2, 0.25) is 0 Å². The fourth-order valence-electron chi connectivity index (χ4n) is 0.186. The molecule has 3 heteroatoms. The quantitative estimate of drug-likeness (QED) is 0.336. The molecule has 42 valence electrons. The van der Waals surface area contributed by atoms with Gasteiger partial charge in [0.1, 0.15) is 8.83 Å². The van der Waals surface area contributed by atoms with Crippen LogP contribution in [0.25, 0.3) is 0 Å². The molecule has 0 fully saturated rings. The Labute approximate surface area is 50.5 Å². The van der Waals surface area contributed by atoms with Crippen molar-refractivity contribution in [3.05, 3.63) is 12.7 Å². The Morgan fingerprint density at radius 1 is 2.00 bits per heavy atom. The van der Waals surface area contributed by atoms with E-state index >= 15 is 0 Å². The van der Waals surface area contributed by atoms with E-state index < -0.39 is 8.83 Å². The Kier molecular flexibility index (Phi) is 4.50. The highest BCUT2D eigenvalue weighted by atomic mass is 35.6. The summed E-state index contributed by atoms with van der Waals surface area (Å²) in [6.45, 7) is 3.66. The van der Waals surface area contributed by atoms with Gasteiger partial charge in [-0.3, -0.25) is 0 Å². The molecule has 0 spiro atoms. The SMILES string of the molecule is C=CC(CO)[SiH2]Cl. The molecule has 1 N–H and O–H groups in total. The van der Waals surface area contributed by atoms with Gasteiger partial charge in [-0.2, -0.15) is 11.1 Å². The van der Waals surface area contributed by atoms with Crippen molar-refractivity contribution >= 4 is 19.9 Å². The lowest BCUT2D eigenvalue weighted by Gasteiger charge is -1.97. The molecular weight excluding hydrogens is 128 g/mol. The molecule has 0 heterocycles. The van der Waals surface area contributed by atoms with Crippen LogP contribution < -0.4 is 0 Å². The molecule has 0 aliphatic heterocycles. The summed E-state index contributed by atoms with van der Waals surface area (Å²) in [7, 11) is -0.568. The van der Waals surface area contributed by atoms with E-state index in [1.54, 1.807) is 6.08 Å². The first-order valence-corrected chi connectivity index (χ1v) is 5.10. The average Bonchev–Trinajstić information content (AvgIpc) is 1.72. The summed E-state index contributed by atoms with van der Waals surface area (Å²) in [5.41, 5.74) is 0.210. The maximum atomic E-state index is 8.41. The van der Waals surface area contributed by atoms with Crippen LogP contribution in [0.2, 0.25) is 5.54 Å². The van der Waals surface area contributed by atoms with Crippen LogP contribution >= 0.6 is 11.1 Å². The van der Waals surface area contributed by atoms with Crippen LogP contribution in [0.4, 0.5) is 0 Å². The summed E-state index contributed by atoms with van der Waals surface area (Å²) in [4.78, 5) is 0. The fraction of sp³-hybridized carbons (Fsp3) is 0.500. The van der Waals surface area contributed by atoms with Crippen LogP contribution in [0.5, 0.6) is 0 Å². The third kappa shape index (κ3) is 2.85. The first-order valence-electron chi connectivity index (χ1n) is 2.14. The van der Waals surface area contributed by atoms with Crippen molar-refractivity contribution in [2.24, 2.45) is 0 Å². The highest BCUT2D eigenvalue weighted by Crippen LogP contribution is 2.02. The molecule has 0 amide bonds. The first kappa shape index (κ1) is 7.21. The molecule has 0 radical (unpaired) electrons. The van der Waals surface area contributed by atoms with Crippen molar-refractivity contribution in [3.63, 3.8) is 0 Å². The van der Waals surface area contributed by atoms with Crippen LogP contribution in [0.3, 0.4) is 0 Å².